The molecule has 1 atom stereocenters. The van der Waals surface area contributed by atoms with Crippen LogP contribution in [-0.2, 0) is 10.0 Å². The van der Waals surface area contributed by atoms with E-state index >= 15 is 0 Å². The lowest BCUT2D eigenvalue weighted by atomic mass is 10.1. The third kappa shape index (κ3) is 7.88. The van der Waals surface area contributed by atoms with Gasteiger partial charge in [0.25, 0.3) is 0 Å². The van der Waals surface area contributed by atoms with Gasteiger partial charge >= 0.3 is 0 Å². The molecule has 9 nitrogen and oxygen atoms in total. The Labute approximate surface area is 225 Å². The van der Waals surface area contributed by atoms with E-state index in [4.69, 9.17) is 10.2 Å². The minimum atomic E-state index is -4.11. The van der Waals surface area contributed by atoms with E-state index in [1.165, 1.54) is 38.8 Å². The van der Waals surface area contributed by atoms with Crippen molar-refractivity contribution in [3.8, 4) is 5.75 Å². The van der Waals surface area contributed by atoms with Gasteiger partial charge < -0.3 is 15.4 Å². The second-order valence-corrected chi connectivity index (χ2v) is 11.2. The van der Waals surface area contributed by atoms with E-state index < -0.39 is 29.0 Å². The summed E-state index contributed by atoms with van der Waals surface area (Å²) in [5.74, 6) is 1.39. The molecule has 1 aromatic heterocycles. The van der Waals surface area contributed by atoms with Crippen LogP contribution in [0.15, 0.2) is 59.6 Å². The average molecular weight is 529 g/mol. The number of ether oxygens (including phenoxy) is 1. The van der Waals surface area contributed by atoms with Crippen molar-refractivity contribution in [2.75, 3.05) is 36.9 Å². The molecule has 0 aliphatic carbocycles. The first kappa shape index (κ1) is 21.8. The van der Waals surface area contributed by atoms with Crippen molar-refractivity contribution in [2.45, 2.75) is 50.9 Å². The van der Waals surface area contributed by atoms with Gasteiger partial charge in [-0.15, -0.1) is 0 Å². The molecule has 1 aliphatic rings. The highest BCUT2D eigenvalue weighted by molar-refractivity contribution is 7.89. The minimum Gasteiger partial charge on any atom is -0.492 e. The normalized spacial score (nSPS) is 17.3. The molecule has 10 heteroatoms. The zero-order valence-corrected chi connectivity index (χ0v) is 22.1. The molecule has 1 fully saturated rings. The van der Waals surface area contributed by atoms with Crippen LogP contribution in [0.1, 0.15) is 44.6 Å². The van der Waals surface area contributed by atoms with Gasteiger partial charge in [-0.1, -0.05) is 6.07 Å². The van der Waals surface area contributed by atoms with Crippen LogP contribution < -0.4 is 20.1 Å². The Morgan fingerprint density at radius 3 is 2.59 bits per heavy atom. The third-order valence-corrected chi connectivity index (χ3v) is 7.28. The molecule has 1 aliphatic heterocycles. The summed E-state index contributed by atoms with van der Waals surface area (Å²) in [6.07, 6.45) is 3.98. The fourth-order valence-corrected chi connectivity index (χ4v) is 5.18. The van der Waals surface area contributed by atoms with Gasteiger partial charge in [-0.05, 0) is 96.0 Å². The standard InChI is InChI=1S/C27H36N6O3S/c1-20-19-28-26(30-21-10-12-23(13-11-21)36-17-16-33-14-5-6-15-33)31-25(20)29-22-8-7-9-24(18-22)37(34,35)32-27(2,3)4/h7-13,18-19,32H,5-6,14-17H2,1-4H3,(H2,28,29,30,31)/i2D3,17D. The first-order valence-electron chi connectivity index (χ1n) is 14.2. The number of nitrogens with zero attached hydrogens (tertiary/aromatic N) is 3. The molecule has 37 heavy (non-hydrogen) atoms. The van der Waals surface area contributed by atoms with Crippen molar-refractivity contribution < 1.29 is 18.6 Å². The number of sulfonamides is 1. The monoisotopic (exact) mass is 528 g/mol. The molecular formula is C27H36N6O3S. The summed E-state index contributed by atoms with van der Waals surface area (Å²) >= 11 is 0. The van der Waals surface area contributed by atoms with Gasteiger partial charge in [0.1, 0.15) is 18.2 Å². The molecule has 3 N–H and O–H groups in total. The number of aromatic nitrogens is 2. The maximum atomic E-state index is 12.9. The van der Waals surface area contributed by atoms with Gasteiger partial charge in [-0.25, -0.2) is 18.1 Å². The molecule has 0 radical (unpaired) electrons. The maximum absolute atomic E-state index is 12.9. The third-order valence-electron chi connectivity index (χ3n) is 5.63. The van der Waals surface area contributed by atoms with Crippen molar-refractivity contribution in [1.29, 1.82) is 0 Å². The first-order valence-corrected chi connectivity index (χ1v) is 13.6. The van der Waals surface area contributed by atoms with Gasteiger partial charge in [0, 0.05) is 39.3 Å². The summed E-state index contributed by atoms with van der Waals surface area (Å²) in [5, 5.41) is 6.26. The number of benzene rings is 2. The predicted octanol–water partition coefficient (Wildman–Crippen LogP) is 4.82. The second kappa shape index (κ2) is 11.5. The number of nitrogens with one attached hydrogen (secondary N) is 3. The zero-order valence-electron chi connectivity index (χ0n) is 25.3. The van der Waals surface area contributed by atoms with Gasteiger partial charge in [-0.2, -0.15) is 4.98 Å². The van der Waals surface area contributed by atoms with Gasteiger partial charge in [0.05, 0.1) is 6.27 Å². The van der Waals surface area contributed by atoms with Crippen LogP contribution in [0, 0.1) is 6.92 Å². The first-order chi connectivity index (χ1) is 19.2. The molecule has 198 valence electrons. The van der Waals surface area contributed by atoms with E-state index in [9.17, 15) is 8.42 Å². The highest BCUT2D eigenvalue weighted by Crippen LogP contribution is 2.24. The fourth-order valence-electron chi connectivity index (χ4n) is 3.85. The number of anilines is 4. The Hall–Kier alpha value is -3.21. The summed E-state index contributed by atoms with van der Waals surface area (Å²) in [6.45, 7) is 3.89. The molecule has 0 bridgehead atoms. The van der Waals surface area contributed by atoms with Crippen LogP contribution in [0.5, 0.6) is 5.75 Å². The number of aryl methyl sites for hydroxylation is 1. The van der Waals surface area contributed by atoms with Gasteiger partial charge in [0.15, 0.2) is 0 Å². The van der Waals surface area contributed by atoms with Crippen LogP contribution in [0.25, 0.3) is 0 Å². The topological polar surface area (TPSA) is 108 Å². The minimum absolute atomic E-state index is 0.0810. The van der Waals surface area contributed by atoms with Crippen molar-refractivity contribution >= 4 is 33.2 Å². The molecular weight excluding hydrogens is 488 g/mol. The highest BCUT2D eigenvalue weighted by Gasteiger charge is 2.22. The molecule has 2 aromatic carbocycles. The Morgan fingerprint density at radius 1 is 1.11 bits per heavy atom. The molecule has 1 unspecified atom stereocenters. The molecule has 3 aromatic rings. The number of hydrogen-bond donors (Lipinski definition) is 3. The van der Waals surface area contributed by atoms with Crippen LogP contribution in [0.3, 0.4) is 0 Å². The van der Waals surface area contributed by atoms with Crippen LogP contribution in [-0.4, -0.2) is 55.0 Å². The molecule has 0 saturated carbocycles. The number of rotatable bonds is 10. The lowest BCUT2D eigenvalue weighted by Gasteiger charge is -2.20. The summed E-state index contributed by atoms with van der Waals surface area (Å²) < 4.78 is 65.0. The quantitative estimate of drug-likeness (QED) is 0.344. The summed E-state index contributed by atoms with van der Waals surface area (Å²) in [4.78, 5) is 11.0. The lowest BCUT2D eigenvalue weighted by molar-refractivity contribution is 0.238. The molecule has 4 rings (SSSR count). The van der Waals surface area contributed by atoms with E-state index in [1.807, 2.05) is 19.1 Å². The fraction of sp³-hybridized carbons (Fsp3) is 0.407. The maximum Gasteiger partial charge on any atom is 0.241 e. The van der Waals surface area contributed by atoms with Crippen molar-refractivity contribution in [3.05, 3.63) is 60.3 Å². The smallest absolute Gasteiger partial charge is 0.241 e. The number of hydrogen-bond acceptors (Lipinski definition) is 8. The average Bonchev–Trinajstić information content (AvgIpc) is 3.39. The van der Waals surface area contributed by atoms with Gasteiger partial charge in [0.2, 0.25) is 16.0 Å². The summed E-state index contributed by atoms with van der Waals surface area (Å²) in [6, 6.07) is 13.3. The highest BCUT2D eigenvalue weighted by atomic mass is 32.2. The predicted molar refractivity (Wildman–Crippen MR) is 147 cm³/mol. The Bertz CT molecular complexity index is 1450. The van der Waals surface area contributed by atoms with E-state index in [0.29, 0.717) is 29.7 Å². The van der Waals surface area contributed by atoms with E-state index in [-0.39, 0.29) is 4.90 Å². The summed E-state index contributed by atoms with van der Waals surface area (Å²) in [5.41, 5.74) is 0.255. The zero-order chi connectivity index (χ0) is 29.8. The molecule has 0 amide bonds. The van der Waals surface area contributed by atoms with Crippen LogP contribution in [0.2, 0.25) is 0 Å². The van der Waals surface area contributed by atoms with E-state index in [1.54, 1.807) is 30.5 Å². The van der Waals surface area contributed by atoms with Crippen molar-refractivity contribution in [2.24, 2.45) is 0 Å². The Balaban J connectivity index is 1.42. The van der Waals surface area contributed by atoms with Crippen molar-refractivity contribution in [1.82, 2.24) is 19.6 Å². The number of likely N-dealkylation sites (tertiary alicyclic amines) is 1. The largest absolute Gasteiger partial charge is 0.492 e. The Morgan fingerprint density at radius 2 is 1.86 bits per heavy atom. The van der Waals surface area contributed by atoms with Crippen molar-refractivity contribution in [3.63, 3.8) is 0 Å². The van der Waals surface area contributed by atoms with Crippen LogP contribution >= 0.6 is 0 Å². The van der Waals surface area contributed by atoms with E-state index in [2.05, 4.69) is 30.2 Å². The van der Waals surface area contributed by atoms with Crippen LogP contribution in [0.4, 0.5) is 23.1 Å². The second-order valence-electron chi connectivity index (χ2n) is 9.55. The molecule has 0 spiro atoms. The lowest BCUT2D eigenvalue weighted by Crippen LogP contribution is -2.40. The SMILES string of the molecule is [2H]C(CN1CCCC1)Oc1ccc(Nc2ncc(C)c(Nc3cccc(S(=O)(=O)NC(C)(C)C([2H])([2H])[2H])c3)n2)cc1. The molecule has 2 heterocycles. The van der Waals surface area contributed by atoms with E-state index in [0.717, 1.165) is 24.3 Å². The Kier molecular flexibility index (Phi) is 6.76. The molecule has 1 saturated heterocycles. The summed E-state index contributed by atoms with van der Waals surface area (Å²) in [7, 11) is -4.11. The van der Waals surface area contributed by atoms with Gasteiger partial charge in [-0.3, -0.25) is 4.90 Å².